The van der Waals surface area contributed by atoms with E-state index in [1.54, 1.807) is 19.1 Å². The molecule has 0 saturated heterocycles. The van der Waals surface area contributed by atoms with Crippen molar-refractivity contribution in [3.05, 3.63) is 46.3 Å². The molecule has 0 amide bonds. The van der Waals surface area contributed by atoms with E-state index in [-0.39, 0.29) is 21.4 Å². The molecule has 0 aliphatic carbocycles. The predicted molar refractivity (Wildman–Crippen MR) is 78.1 cm³/mol. The number of benzene rings is 1. The Labute approximate surface area is 125 Å². The van der Waals surface area contributed by atoms with Gasteiger partial charge in [0.15, 0.2) is 0 Å². The molecule has 0 bridgehead atoms. The fourth-order valence-corrected chi connectivity index (χ4v) is 4.10. The van der Waals surface area contributed by atoms with Crippen molar-refractivity contribution in [3.8, 4) is 5.75 Å². The first kappa shape index (κ1) is 15.5. The third kappa shape index (κ3) is 3.60. The summed E-state index contributed by atoms with van der Waals surface area (Å²) in [4.78, 5) is 11.0. The molecule has 0 atom stereocenters. The normalized spacial score (nSPS) is 11.5. The Hall–Kier alpha value is -1.90. The van der Waals surface area contributed by atoms with Gasteiger partial charge in [-0.05, 0) is 36.2 Å². The number of sulfonamides is 1. The van der Waals surface area contributed by atoms with Crippen molar-refractivity contribution >= 4 is 27.3 Å². The fraction of sp³-hybridized carbons (Fsp3) is 0.154. The highest BCUT2D eigenvalue weighted by Gasteiger charge is 2.21. The average molecular weight is 327 g/mol. The maximum absolute atomic E-state index is 12.1. The number of phenols is 1. The number of thiophene rings is 1. The lowest BCUT2D eigenvalue weighted by Gasteiger charge is -2.05. The van der Waals surface area contributed by atoms with Crippen LogP contribution in [0.4, 0.5) is 0 Å². The molecular weight excluding hydrogens is 314 g/mol. The SMILES string of the molecule is Cc1cc(S(=O)(=O)NCc2ccc(O)cc2)sc1C(=O)O. The van der Waals surface area contributed by atoms with Crippen LogP contribution in [-0.4, -0.2) is 24.6 Å². The topological polar surface area (TPSA) is 104 Å². The third-order valence-corrected chi connectivity index (χ3v) is 5.86. The molecule has 0 spiro atoms. The van der Waals surface area contributed by atoms with Crippen molar-refractivity contribution < 1.29 is 23.4 Å². The number of carbonyl (C=O) groups is 1. The fourth-order valence-electron chi connectivity index (χ4n) is 1.66. The second kappa shape index (κ2) is 5.84. The van der Waals surface area contributed by atoms with Crippen molar-refractivity contribution in [2.75, 3.05) is 0 Å². The van der Waals surface area contributed by atoms with E-state index >= 15 is 0 Å². The minimum Gasteiger partial charge on any atom is -0.508 e. The van der Waals surface area contributed by atoms with E-state index in [0.717, 1.165) is 11.3 Å². The Morgan fingerprint density at radius 1 is 1.29 bits per heavy atom. The van der Waals surface area contributed by atoms with Gasteiger partial charge < -0.3 is 10.2 Å². The molecule has 0 saturated carbocycles. The summed E-state index contributed by atoms with van der Waals surface area (Å²) in [7, 11) is -3.76. The van der Waals surface area contributed by atoms with Gasteiger partial charge in [0, 0.05) is 6.54 Å². The molecule has 0 aliphatic rings. The van der Waals surface area contributed by atoms with Crippen LogP contribution in [-0.2, 0) is 16.6 Å². The summed E-state index contributed by atoms with van der Waals surface area (Å²) in [6.45, 7) is 1.61. The highest BCUT2D eigenvalue weighted by Crippen LogP contribution is 2.26. The summed E-state index contributed by atoms with van der Waals surface area (Å²) in [5.74, 6) is -1.04. The lowest BCUT2D eigenvalue weighted by Crippen LogP contribution is -2.22. The van der Waals surface area contributed by atoms with Gasteiger partial charge in [0.05, 0.1) is 0 Å². The van der Waals surface area contributed by atoms with Crippen LogP contribution in [0.15, 0.2) is 34.5 Å². The van der Waals surface area contributed by atoms with Gasteiger partial charge in [0.2, 0.25) is 10.0 Å². The number of hydrogen-bond donors (Lipinski definition) is 3. The number of aromatic carboxylic acids is 1. The van der Waals surface area contributed by atoms with Gasteiger partial charge in [0.1, 0.15) is 14.8 Å². The molecule has 2 rings (SSSR count). The van der Waals surface area contributed by atoms with Crippen molar-refractivity contribution in [1.29, 1.82) is 0 Å². The van der Waals surface area contributed by atoms with Gasteiger partial charge in [-0.2, -0.15) is 0 Å². The van der Waals surface area contributed by atoms with Crippen molar-refractivity contribution in [3.63, 3.8) is 0 Å². The number of phenolic OH excluding ortho intramolecular Hbond substituents is 1. The van der Waals surface area contributed by atoms with E-state index in [2.05, 4.69) is 4.72 Å². The van der Waals surface area contributed by atoms with Crippen molar-refractivity contribution in [2.24, 2.45) is 0 Å². The van der Waals surface area contributed by atoms with E-state index < -0.39 is 16.0 Å². The number of nitrogens with one attached hydrogen (secondary N) is 1. The zero-order valence-electron chi connectivity index (χ0n) is 11.0. The molecule has 8 heteroatoms. The first-order valence-electron chi connectivity index (χ1n) is 5.91. The van der Waals surface area contributed by atoms with E-state index in [9.17, 15) is 13.2 Å². The highest BCUT2D eigenvalue weighted by molar-refractivity contribution is 7.91. The van der Waals surface area contributed by atoms with Gasteiger partial charge in [-0.3, -0.25) is 0 Å². The Morgan fingerprint density at radius 2 is 1.90 bits per heavy atom. The van der Waals surface area contributed by atoms with Crippen molar-refractivity contribution in [1.82, 2.24) is 4.72 Å². The number of carboxylic acids is 1. The van der Waals surface area contributed by atoms with Gasteiger partial charge >= 0.3 is 5.97 Å². The summed E-state index contributed by atoms with van der Waals surface area (Å²) >= 11 is 0.722. The number of aromatic hydroxyl groups is 1. The number of aryl methyl sites for hydroxylation is 1. The maximum atomic E-state index is 12.1. The van der Waals surface area contributed by atoms with E-state index in [0.29, 0.717) is 11.1 Å². The molecule has 21 heavy (non-hydrogen) atoms. The molecule has 1 aromatic carbocycles. The third-order valence-electron chi connectivity index (χ3n) is 2.76. The molecule has 112 valence electrons. The van der Waals surface area contributed by atoms with Crippen LogP contribution < -0.4 is 4.72 Å². The zero-order chi connectivity index (χ0) is 15.6. The summed E-state index contributed by atoms with van der Waals surface area (Å²) in [6.07, 6.45) is 0. The average Bonchev–Trinajstić information content (AvgIpc) is 2.81. The molecule has 0 fully saturated rings. The molecule has 1 heterocycles. The molecule has 0 radical (unpaired) electrons. The molecule has 1 aromatic heterocycles. The lowest BCUT2D eigenvalue weighted by molar-refractivity contribution is 0.0701. The van der Waals surface area contributed by atoms with Crippen LogP contribution in [0.25, 0.3) is 0 Å². The first-order chi connectivity index (χ1) is 9.79. The van der Waals surface area contributed by atoms with Crippen LogP contribution in [0.3, 0.4) is 0 Å². The molecule has 0 unspecified atom stereocenters. The summed E-state index contributed by atoms with van der Waals surface area (Å²) in [5, 5.41) is 18.1. The van der Waals surface area contributed by atoms with E-state index in [1.165, 1.54) is 18.2 Å². The second-order valence-electron chi connectivity index (χ2n) is 4.37. The van der Waals surface area contributed by atoms with Crippen LogP contribution in [0.5, 0.6) is 5.75 Å². The van der Waals surface area contributed by atoms with Gasteiger partial charge in [-0.25, -0.2) is 17.9 Å². The number of hydrogen-bond acceptors (Lipinski definition) is 5. The first-order valence-corrected chi connectivity index (χ1v) is 8.21. The highest BCUT2D eigenvalue weighted by atomic mass is 32.2. The summed E-state index contributed by atoms with van der Waals surface area (Å²) in [6, 6.07) is 7.45. The van der Waals surface area contributed by atoms with Crippen LogP contribution >= 0.6 is 11.3 Å². The van der Waals surface area contributed by atoms with Crippen LogP contribution in [0.1, 0.15) is 20.8 Å². The zero-order valence-corrected chi connectivity index (χ0v) is 12.7. The Bertz CT molecular complexity index is 762. The standard InChI is InChI=1S/C13H13NO5S2/c1-8-6-11(20-12(8)13(16)17)21(18,19)14-7-9-2-4-10(15)5-3-9/h2-6,14-15H,7H2,1H3,(H,16,17). The Balaban J connectivity index is 2.17. The predicted octanol–water partition coefficient (Wildman–Crippen LogP) is 1.94. The van der Waals surface area contributed by atoms with Gasteiger partial charge in [-0.15, -0.1) is 11.3 Å². The van der Waals surface area contributed by atoms with Gasteiger partial charge in [-0.1, -0.05) is 12.1 Å². The second-order valence-corrected chi connectivity index (χ2v) is 7.42. The largest absolute Gasteiger partial charge is 0.508 e. The summed E-state index contributed by atoms with van der Waals surface area (Å²) < 4.78 is 26.6. The van der Waals surface area contributed by atoms with Crippen LogP contribution in [0.2, 0.25) is 0 Å². The lowest BCUT2D eigenvalue weighted by atomic mass is 10.2. The van der Waals surface area contributed by atoms with E-state index in [4.69, 9.17) is 10.2 Å². The maximum Gasteiger partial charge on any atom is 0.346 e. The smallest absolute Gasteiger partial charge is 0.346 e. The number of rotatable bonds is 5. The monoisotopic (exact) mass is 327 g/mol. The Kier molecular flexibility index (Phi) is 4.31. The van der Waals surface area contributed by atoms with E-state index in [1.807, 2.05) is 0 Å². The minimum absolute atomic E-state index is 0.0139. The molecular formula is C13H13NO5S2. The van der Waals surface area contributed by atoms with Crippen LogP contribution in [0, 0.1) is 6.92 Å². The summed E-state index contributed by atoms with van der Waals surface area (Å²) in [5.41, 5.74) is 1.10. The number of carboxylic acid groups (broad SMARTS) is 1. The molecule has 2 aromatic rings. The minimum atomic E-state index is -3.76. The molecule has 3 N–H and O–H groups in total. The molecule has 0 aliphatic heterocycles. The molecule has 6 nitrogen and oxygen atoms in total. The van der Waals surface area contributed by atoms with Crippen molar-refractivity contribution in [2.45, 2.75) is 17.7 Å². The van der Waals surface area contributed by atoms with Gasteiger partial charge in [0.25, 0.3) is 0 Å². The quantitative estimate of drug-likeness (QED) is 0.778. The Morgan fingerprint density at radius 3 is 2.43 bits per heavy atom.